The van der Waals surface area contributed by atoms with Gasteiger partial charge in [-0.05, 0) is 6.92 Å². The van der Waals surface area contributed by atoms with Crippen LogP contribution in [-0.2, 0) is 18.6 Å². The second-order valence-corrected chi connectivity index (χ2v) is 1.80. The molecule has 0 rings (SSSR count). The smallest absolute Gasteiger partial charge is 0.365 e. The molecule has 0 aliphatic rings. The number of carbonyl (C=O) groups excluding carboxylic acids is 2. The van der Waals surface area contributed by atoms with E-state index in [4.69, 9.17) is 0 Å². The topological polar surface area (TPSA) is 52.6 Å². The number of hydrogen-bond acceptors (Lipinski definition) is 4. The van der Waals surface area contributed by atoms with Crippen LogP contribution in [0.5, 0.6) is 0 Å². The van der Waals surface area contributed by atoms with E-state index in [0.717, 1.165) is 0 Å². The van der Waals surface area contributed by atoms with Gasteiger partial charge in [-0.15, -0.1) is 0 Å². The van der Waals surface area contributed by atoms with Gasteiger partial charge in [-0.25, -0.2) is 4.79 Å². The molecule has 0 fully saturated rings. The van der Waals surface area contributed by atoms with Crippen molar-refractivity contribution in [1.29, 1.82) is 0 Å². The first-order chi connectivity index (χ1) is 4.57. The third-order valence-electron chi connectivity index (χ3n) is 0.751. The van der Waals surface area contributed by atoms with E-state index in [-0.39, 0.29) is 0 Å². The summed E-state index contributed by atoms with van der Waals surface area (Å²) in [6.45, 7) is 2.56. The highest BCUT2D eigenvalue weighted by Gasteiger charge is 2.16. The summed E-state index contributed by atoms with van der Waals surface area (Å²) >= 11 is 4.69. The number of rotatable bonds is 2. The van der Waals surface area contributed by atoms with Crippen LogP contribution in [0.1, 0.15) is 13.8 Å². The van der Waals surface area contributed by atoms with E-state index in [2.05, 4.69) is 20.9 Å². The van der Waals surface area contributed by atoms with E-state index < -0.39 is 18.0 Å². The number of carbonyl (C=O) groups is 2. The highest BCUT2D eigenvalue weighted by molar-refractivity contribution is 6.13. The Hall–Kier alpha value is -0.770. The SMILES string of the molecule is CC(=O)OC(C)C(=O)OCl. The van der Waals surface area contributed by atoms with Crippen LogP contribution in [-0.4, -0.2) is 18.0 Å². The molecular weight excluding hydrogens is 160 g/mol. The normalized spacial score (nSPS) is 11.9. The van der Waals surface area contributed by atoms with Gasteiger partial charge < -0.3 is 9.03 Å². The largest absolute Gasteiger partial charge is 0.451 e. The maximum Gasteiger partial charge on any atom is 0.365 e. The zero-order chi connectivity index (χ0) is 8.15. The minimum Gasteiger partial charge on any atom is -0.451 e. The van der Waals surface area contributed by atoms with Gasteiger partial charge in [0.15, 0.2) is 6.10 Å². The van der Waals surface area contributed by atoms with Crippen molar-refractivity contribution >= 4 is 23.8 Å². The average Bonchev–Trinajstić information content (AvgIpc) is 1.85. The van der Waals surface area contributed by atoms with Crippen LogP contribution in [0.4, 0.5) is 0 Å². The minimum atomic E-state index is -0.935. The Labute approximate surface area is 63.2 Å². The Bertz CT molecular complexity index is 145. The molecule has 0 aliphatic heterocycles. The molecule has 1 unspecified atom stereocenters. The highest BCUT2D eigenvalue weighted by Crippen LogP contribution is 1.96. The van der Waals surface area contributed by atoms with Crippen molar-refractivity contribution in [2.45, 2.75) is 20.0 Å². The Morgan fingerprint density at radius 3 is 2.30 bits per heavy atom. The maximum absolute atomic E-state index is 10.4. The molecule has 0 saturated carbocycles. The molecule has 0 saturated heterocycles. The van der Waals surface area contributed by atoms with Crippen molar-refractivity contribution < 1.29 is 18.6 Å². The minimum absolute atomic E-state index is 0.547. The van der Waals surface area contributed by atoms with Crippen LogP contribution < -0.4 is 0 Å². The standard InChI is InChI=1S/C5H7ClO4/c1-3(5(8)10-6)9-4(2)7/h3H,1-2H3. The number of hydrogen-bond donors (Lipinski definition) is 0. The summed E-state index contributed by atoms with van der Waals surface area (Å²) in [4.78, 5) is 20.6. The third-order valence-corrected chi connectivity index (χ3v) is 0.903. The summed E-state index contributed by atoms with van der Waals surface area (Å²) in [5, 5.41) is 0. The number of ether oxygens (including phenoxy) is 1. The third kappa shape index (κ3) is 3.29. The van der Waals surface area contributed by atoms with Crippen LogP contribution in [0.3, 0.4) is 0 Å². The lowest BCUT2D eigenvalue weighted by Crippen LogP contribution is -2.22. The molecule has 58 valence electrons. The first-order valence-corrected chi connectivity index (χ1v) is 2.88. The molecule has 1 atom stereocenters. The van der Waals surface area contributed by atoms with Crippen LogP contribution in [0.2, 0.25) is 0 Å². The predicted octanol–water partition coefficient (Wildman–Crippen LogP) is 0.635. The van der Waals surface area contributed by atoms with Crippen molar-refractivity contribution in [3.05, 3.63) is 0 Å². The molecule has 5 heteroatoms. The monoisotopic (exact) mass is 166 g/mol. The lowest BCUT2D eigenvalue weighted by Gasteiger charge is -2.05. The molecular formula is C5H7ClO4. The van der Waals surface area contributed by atoms with Gasteiger partial charge in [0.25, 0.3) is 0 Å². The lowest BCUT2D eigenvalue weighted by atomic mass is 10.4. The van der Waals surface area contributed by atoms with Gasteiger partial charge in [-0.2, -0.15) is 0 Å². The maximum atomic E-state index is 10.4. The molecule has 0 N–H and O–H groups in total. The molecule has 0 heterocycles. The summed E-state index contributed by atoms with van der Waals surface area (Å²) in [7, 11) is 0. The number of halogens is 1. The van der Waals surface area contributed by atoms with Crippen molar-refractivity contribution in [3.8, 4) is 0 Å². The van der Waals surface area contributed by atoms with Crippen molar-refractivity contribution in [3.63, 3.8) is 0 Å². The van der Waals surface area contributed by atoms with Gasteiger partial charge >= 0.3 is 11.9 Å². The van der Waals surface area contributed by atoms with Crippen LogP contribution in [0.25, 0.3) is 0 Å². The van der Waals surface area contributed by atoms with Gasteiger partial charge in [-0.3, -0.25) is 4.79 Å². The molecule has 10 heavy (non-hydrogen) atoms. The zero-order valence-electron chi connectivity index (χ0n) is 5.59. The molecule has 0 spiro atoms. The molecule has 0 aromatic carbocycles. The summed E-state index contributed by atoms with van der Waals surface area (Å²) in [6, 6.07) is 0. The van der Waals surface area contributed by atoms with Gasteiger partial charge in [0.1, 0.15) is 11.9 Å². The average molecular weight is 167 g/mol. The fourth-order valence-corrected chi connectivity index (χ4v) is 0.485. The second kappa shape index (κ2) is 4.11. The van der Waals surface area contributed by atoms with Gasteiger partial charge in [0.2, 0.25) is 0 Å². The summed E-state index contributed by atoms with van der Waals surface area (Å²) in [5.41, 5.74) is 0. The zero-order valence-corrected chi connectivity index (χ0v) is 6.34. The quantitative estimate of drug-likeness (QED) is 0.565. The van der Waals surface area contributed by atoms with E-state index in [1.165, 1.54) is 13.8 Å². The van der Waals surface area contributed by atoms with E-state index in [1.807, 2.05) is 0 Å². The van der Waals surface area contributed by atoms with Gasteiger partial charge in [0, 0.05) is 6.92 Å². The summed E-state index contributed by atoms with van der Waals surface area (Å²) in [6.07, 6.45) is -0.935. The van der Waals surface area contributed by atoms with E-state index in [9.17, 15) is 9.59 Å². The molecule has 0 aliphatic carbocycles. The van der Waals surface area contributed by atoms with E-state index in [1.54, 1.807) is 0 Å². The van der Waals surface area contributed by atoms with Crippen molar-refractivity contribution in [2.24, 2.45) is 0 Å². The summed E-state index contributed by atoms with van der Waals surface area (Å²) < 4.78 is 8.17. The number of esters is 1. The second-order valence-electron chi connectivity index (χ2n) is 1.65. The van der Waals surface area contributed by atoms with Crippen LogP contribution >= 0.6 is 11.9 Å². The van der Waals surface area contributed by atoms with Crippen LogP contribution in [0.15, 0.2) is 0 Å². The van der Waals surface area contributed by atoms with E-state index >= 15 is 0 Å². The molecule has 0 amide bonds. The summed E-state index contributed by atoms with van der Waals surface area (Å²) in [5.74, 6) is -1.33. The Morgan fingerprint density at radius 1 is 1.50 bits per heavy atom. The first kappa shape index (κ1) is 9.23. The predicted molar refractivity (Wildman–Crippen MR) is 33.2 cm³/mol. The Morgan fingerprint density at radius 2 is 2.00 bits per heavy atom. The molecule has 4 nitrogen and oxygen atoms in total. The first-order valence-electron chi connectivity index (χ1n) is 2.57. The Kier molecular flexibility index (Phi) is 3.79. The van der Waals surface area contributed by atoms with Crippen LogP contribution in [0, 0.1) is 0 Å². The van der Waals surface area contributed by atoms with Crippen molar-refractivity contribution in [1.82, 2.24) is 0 Å². The highest BCUT2D eigenvalue weighted by atomic mass is 35.5. The molecule has 0 aromatic heterocycles. The molecule has 0 bridgehead atoms. The van der Waals surface area contributed by atoms with Gasteiger partial charge in [0.05, 0.1) is 0 Å². The fourth-order valence-electron chi connectivity index (χ4n) is 0.360. The van der Waals surface area contributed by atoms with Gasteiger partial charge in [-0.1, -0.05) is 0 Å². The molecule has 0 aromatic rings. The Balaban J connectivity index is 3.72. The van der Waals surface area contributed by atoms with E-state index in [0.29, 0.717) is 0 Å². The molecule has 0 radical (unpaired) electrons. The lowest BCUT2D eigenvalue weighted by molar-refractivity contribution is -0.159. The fraction of sp³-hybridized carbons (Fsp3) is 0.600. The van der Waals surface area contributed by atoms with Crippen molar-refractivity contribution in [2.75, 3.05) is 0 Å².